The largest absolute Gasteiger partial charge is 0.368 e. The number of amides is 1. The summed E-state index contributed by atoms with van der Waals surface area (Å²) in [6.45, 7) is 8.48. The van der Waals surface area contributed by atoms with Crippen molar-refractivity contribution < 1.29 is 9.53 Å². The van der Waals surface area contributed by atoms with Crippen LogP contribution >= 0.6 is 0 Å². The van der Waals surface area contributed by atoms with E-state index in [0.29, 0.717) is 13.2 Å². The zero-order chi connectivity index (χ0) is 13.1. The third-order valence-corrected chi connectivity index (χ3v) is 2.60. The van der Waals surface area contributed by atoms with E-state index in [2.05, 4.69) is 18.8 Å². The lowest BCUT2D eigenvalue weighted by atomic mass is 10.1. The molecule has 0 rings (SSSR count). The van der Waals surface area contributed by atoms with Gasteiger partial charge < -0.3 is 15.8 Å². The van der Waals surface area contributed by atoms with Gasteiger partial charge in [-0.05, 0) is 19.8 Å². The number of hydrogen-bond donors (Lipinski definition) is 2. The van der Waals surface area contributed by atoms with Gasteiger partial charge in [0.05, 0.1) is 6.61 Å². The molecule has 0 radical (unpaired) electrons. The predicted octanol–water partition coefficient (Wildman–Crippen LogP) is 1.60. The molecule has 2 unspecified atom stereocenters. The van der Waals surface area contributed by atoms with Gasteiger partial charge in [-0.3, -0.25) is 4.79 Å². The van der Waals surface area contributed by atoms with E-state index >= 15 is 0 Å². The molecule has 0 aliphatic rings. The first-order chi connectivity index (χ1) is 8.15. The maximum absolute atomic E-state index is 11.8. The summed E-state index contributed by atoms with van der Waals surface area (Å²) in [5, 5.41) is 2.91. The highest BCUT2D eigenvalue weighted by Gasteiger charge is 2.16. The summed E-state index contributed by atoms with van der Waals surface area (Å²) in [6.07, 6.45) is 5.22. The highest BCUT2D eigenvalue weighted by atomic mass is 16.5. The van der Waals surface area contributed by atoms with Gasteiger partial charge >= 0.3 is 0 Å². The van der Waals surface area contributed by atoms with E-state index in [9.17, 15) is 4.79 Å². The van der Waals surface area contributed by atoms with E-state index in [4.69, 9.17) is 10.5 Å². The van der Waals surface area contributed by atoms with Gasteiger partial charge in [0.25, 0.3) is 0 Å². The summed E-state index contributed by atoms with van der Waals surface area (Å²) >= 11 is 0. The Bertz CT molecular complexity index is 219. The van der Waals surface area contributed by atoms with E-state index < -0.39 is 6.10 Å². The Hall–Kier alpha value is -0.870. The molecular formula is C13H26N2O2. The molecule has 0 spiro atoms. The SMILES string of the molecule is C=CCCOC(C)C(=O)NC(CN)CCCC. The molecule has 0 fully saturated rings. The molecule has 0 aromatic heterocycles. The maximum Gasteiger partial charge on any atom is 0.249 e. The molecule has 3 N–H and O–H groups in total. The number of hydrogen-bond acceptors (Lipinski definition) is 3. The van der Waals surface area contributed by atoms with Gasteiger partial charge in [0.2, 0.25) is 5.91 Å². The van der Waals surface area contributed by atoms with Crippen molar-refractivity contribution in [1.29, 1.82) is 0 Å². The van der Waals surface area contributed by atoms with Crippen LogP contribution in [0.4, 0.5) is 0 Å². The Morgan fingerprint density at radius 3 is 2.82 bits per heavy atom. The monoisotopic (exact) mass is 242 g/mol. The van der Waals surface area contributed by atoms with Gasteiger partial charge in [0.1, 0.15) is 6.10 Å². The predicted molar refractivity (Wildman–Crippen MR) is 70.7 cm³/mol. The van der Waals surface area contributed by atoms with Gasteiger partial charge in [-0.25, -0.2) is 0 Å². The molecule has 0 aromatic rings. The van der Waals surface area contributed by atoms with E-state index in [-0.39, 0.29) is 11.9 Å². The molecule has 2 atom stereocenters. The Labute approximate surface area is 105 Å². The Balaban J connectivity index is 3.89. The third kappa shape index (κ3) is 7.94. The van der Waals surface area contributed by atoms with Crippen LogP contribution in [0.1, 0.15) is 39.5 Å². The van der Waals surface area contributed by atoms with Crippen LogP contribution in [0.25, 0.3) is 0 Å². The standard InChI is InChI=1S/C13H26N2O2/c1-4-6-8-12(10-14)15-13(16)11(3)17-9-7-5-2/h5,11-12H,2,4,6-10,14H2,1,3H3,(H,15,16). The number of ether oxygens (including phenoxy) is 1. The lowest BCUT2D eigenvalue weighted by Crippen LogP contribution is -2.45. The molecule has 0 aliphatic carbocycles. The lowest BCUT2D eigenvalue weighted by Gasteiger charge is -2.19. The minimum Gasteiger partial charge on any atom is -0.368 e. The first kappa shape index (κ1) is 16.1. The maximum atomic E-state index is 11.8. The van der Waals surface area contributed by atoms with Crippen LogP contribution in [0.5, 0.6) is 0 Å². The van der Waals surface area contributed by atoms with Crippen molar-refractivity contribution in [3.8, 4) is 0 Å². The Morgan fingerprint density at radius 1 is 1.59 bits per heavy atom. The zero-order valence-electron chi connectivity index (χ0n) is 11.1. The number of nitrogens with two attached hydrogens (primary N) is 1. The molecule has 100 valence electrons. The Morgan fingerprint density at radius 2 is 2.29 bits per heavy atom. The second kappa shape index (κ2) is 10.3. The van der Waals surface area contributed by atoms with E-state index in [0.717, 1.165) is 25.7 Å². The molecule has 1 amide bonds. The van der Waals surface area contributed by atoms with Crippen LogP contribution in [-0.2, 0) is 9.53 Å². The molecule has 0 bridgehead atoms. The zero-order valence-corrected chi connectivity index (χ0v) is 11.1. The molecule has 4 nitrogen and oxygen atoms in total. The van der Waals surface area contributed by atoms with Gasteiger partial charge in [0.15, 0.2) is 0 Å². The summed E-state index contributed by atoms with van der Waals surface area (Å²) in [5.41, 5.74) is 5.61. The fraction of sp³-hybridized carbons (Fsp3) is 0.769. The van der Waals surface area contributed by atoms with Gasteiger partial charge in [0, 0.05) is 12.6 Å². The van der Waals surface area contributed by atoms with Crippen molar-refractivity contribution in [1.82, 2.24) is 5.32 Å². The summed E-state index contributed by atoms with van der Waals surface area (Å²) < 4.78 is 5.37. The average molecular weight is 242 g/mol. The molecule has 17 heavy (non-hydrogen) atoms. The van der Waals surface area contributed by atoms with Crippen molar-refractivity contribution in [2.75, 3.05) is 13.2 Å². The van der Waals surface area contributed by atoms with Crippen LogP contribution in [0.15, 0.2) is 12.7 Å². The number of unbranched alkanes of at least 4 members (excludes halogenated alkanes) is 1. The van der Waals surface area contributed by atoms with Gasteiger partial charge in [-0.1, -0.05) is 25.8 Å². The van der Waals surface area contributed by atoms with Crippen LogP contribution < -0.4 is 11.1 Å². The minimum atomic E-state index is -0.425. The number of rotatable bonds is 10. The second-order valence-corrected chi connectivity index (χ2v) is 4.17. The van der Waals surface area contributed by atoms with Crippen molar-refractivity contribution >= 4 is 5.91 Å². The van der Waals surface area contributed by atoms with Crippen molar-refractivity contribution in [2.24, 2.45) is 5.73 Å². The number of carbonyl (C=O) groups is 1. The van der Waals surface area contributed by atoms with E-state index in [1.807, 2.05) is 0 Å². The summed E-state index contributed by atoms with van der Waals surface area (Å²) in [4.78, 5) is 11.8. The molecule has 0 aliphatic heterocycles. The normalized spacial score (nSPS) is 14.1. The molecular weight excluding hydrogens is 216 g/mol. The number of nitrogens with one attached hydrogen (secondary N) is 1. The van der Waals surface area contributed by atoms with Crippen LogP contribution in [-0.4, -0.2) is 31.2 Å². The fourth-order valence-electron chi connectivity index (χ4n) is 1.42. The summed E-state index contributed by atoms with van der Waals surface area (Å²) in [6, 6.07) is 0.0629. The Kier molecular flexibility index (Phi) is 9.77. The lowest BCUT2D eigenvalue weighted by molar-refractivity contribution is -0.132. The first-order valence-corrected chi connectivity index (χ1v) is 6.38. The fourth-order valence-corrected chi connectivity index (χ4v) is 1.42. The topological polar surface area (TPSA) is 64.3 Å². The smallest absolute Gasteiger partial charge is 0.249 e. The summed E-state index contributed by atoms with van der Waals surface area (Å²) in [7, 11) is 0. The molecule has 0 aromatic carbocycles. The quantitative estimate of drug-likeness (QED) is 0.452. The minimum absolute atomic E-state index is 0.0629. The molecule has 0 saturated carbocycles. The third-order valence-electron chi connectivity index (χ3n) is 2.60. The highest BCUT2D eigenvalue weighted by Crippen LogP contribution is 2.01. The summed E-state index contributed by atoms with van der Waals surface area (Å²) in [5.74, 6) is -0.0828. The highest BCUT2D eigenvalue weighted by molar-refractivity contribution is 5.80. The second-order valence-electron chi connectivity index (χ2n) is 4.17. The van der Waals surface area contributed by atoms with Crippen molar-refractivity contribution in [3.63, 3.8) is 0 Å². The van der Waals surface area contributed by atoms with Crippen LogP contribution in [0.2, 0.25) is 0 Å². The molecule has 4 heteroatoms. The molecule has 0 saturated heterocycles. The van der Waals surface area contributed by atoms with E-state index in [1.54, 1.807) is 13.0 Å². The van der Waals surface area contributed by atoms with Crippen LogP contribution in [0, 0.1) is 0 Å². The number of carbonyl (C=O) groups excluding carboxylic acids is 1. The van der Waals surface area contributed by atoms with Gasteiger partial charge in [-0.2, -0.15) is 0 Å². The van der Waals surface area contributed by atoms with E-state index in [1.165, 1.54) is 0 Å². The van der Waals surface area contributed by atoms with Gasteiger partial charge in [-0.15, -0.1) is 6.58 Å². The first-order valence-electron chi connectivity index (χ1n) is 6.38. The van der Waals surface area contributed by atoms with Crippen molar-refractivity contribution in [3.05, 3.63) is 12.7 Å². The van der Waals surface area contributed by atoms with Crippen molar-refractivity contribution in [2.45, 2.75) is 51.7 Å². The molecule has 0 heterocycles. The average Bonchev–Trinajstić information content (AvgIpc) is 2.34. The van der Waals surface area contributed by atoms with Crippen LogP contribution in [0.3, 0.4) is 0 Å².